The number of para-hydroxylation sites is 1. The zero-order valence-corrected chi connectivity index (χ0v) is 19.6. The highest BCUT2D eigenvalue weighted by Crippen LogP contribution is 2.31. The van der Waals surface area contributed by atoms with Crippen LogP contribution in [0.15, 0.2) is 54.7 Å². The summed E-state index contributed by atoms with van der Waals surface area (Å²) in [6.07, 6.45) is 3.30. The van der Waals surface area contributed by atoms with E-state index in [1.807, 2.05) is 30.0 Å². The second-order valence-electron chi connectivity index (χ2n) is 9.43. The second-order valence-corrected chi connectivity index (χ2v) is 9.43. The summed E-state index contributed by atoms with van der Waals surface area (Å²) < 4.78 is 5.35. The highest BCUT2D eigenvalue weighted by molar-refractivity contribution is 5.84. The first-order valence-corrected chi connectivity index (χ1v) is 11.7. The predicted molar refractivity (Wildman–Crippen MR) is 130 cm³/mol. The van der Waals surface area contributed by atoms with Crippen LogP contribution in [0.5, 0.6) is 5.75 Å². The minimum atomic E-state index is -0.224. The van der Waals surface area contributed by atoms with Gasteiger partial charge in [0, 0.05) is 42.7 Å². The number of amides is 1. The molecule has 1 aromatic heterocycles. The average Bonchev–Trinajstić information content (AvgIpc) is 3.22. The second kappa shape index (κ2) is 9.78. The number of rotatable bonds is 7. The lowest BCUT2D eigenvalue weighted by Gasteiger charge is -2.36. The van der Waals surface area contributed by atoms with Crippen LogP contribution in [0.25, 0.3) is 10.9 Å². The number of fused-ring (bicyclic) bond motifs is 1. The summed E-state index contributed by atoms with van der Waals surface area (Å²) in [5.41, 5.74) is 3.56. The van der Waals surface area contributed by atoms with Gasteiger partial charge < -0.3 is 19.9 Å². The van der Waals surface area contributed by atoms with Crippen LogP contribution in [0.4, 0.5) is 0 Å². The molecule has 4 atom stereocenters. The van der Waals surface area contributed by atoms with Crippen molar-refractivity contribution < 1.29 is 9.53 Å². The Morgan fingerprint density at radius 2 is 1.81 bits per heavy atom. The molecule has 170 valence electrons. The fourth-order valence-electron chi connectivity index (χ4n) is 5.12. The highest BCUT2D eigenvalue weighted by Gasteiger charge is 2.29. The van der Waals surface area contributed by atoms with E-state index in [0.29, 0.717) is 18.4 Å². The van der Waals surface area contributed by atoms with Gasteiger partial charge in [0.05, 0.1) is 13.2 Å². The number of carbonyl (C=O) groups is 1. The van der Waals surface area contributed by atoms with Crippen LogP contribution in [0.1, 0.15) is 44.2 Å². The molecule has 2 N–H and O–H groups in total. The number of nitrogens with zero attached hydrogens (tertiary/aromatic N) is 1. The van der Waals surface area contributed by atoms with Crippen molar-refractivity contribution in [3.8, 4) is 5.75 Å². The molecule has 1 saturated heterocycles. The largest absolute Gasteiger partial charge is 0.497 e. The van der Waals surface area contributed by atoms with Crippen molar-refractivity contribution in [2.24, 2.45) is 11.8 Å². The van der Waals surface area contributed by atoms with Crippen molar-refractivity contribution in [1.29, 1.82) is 0 Å². The Morgan fingerprint density at radius 3 is 2.50 bits per heavy atom. The van der Waals surface area contributed by atoms with E-state index in [4.69, 9.17) is 4.74 Å². The summed E-state index contributed by atoms with van der Waals surface area (Å²) in [7, 11) is 1.68. The van der Waals surface area contributed by atoms with Gasteiger partial charge in [0.15, 0.2) is 0 Å². The van der Waals surface area contributed by atoms with Gasteiger partial charge in [0.25, 0.3) is 0 Å². The quantitative estimate of drug-likeness (QED) is 0.563. The summed E-state index contributed by atoms with van der Waals surface area (Å²) in [4.78, 5) is 18.6. The Balaban J connectivity index is 1.54. The van der Waals surface area contributed by atoms with Gasteiger partial charge in [0.2, 0.25) is 5.91 Å². The smallest absolute Gasteiger partial charge is 0.239 e. The maximum Gasteiger partial charge on any atom is 0.239 e. The highest BCUT2D eigenvalue weighted by atomic mass is 16.5. The number of methoxy groups -OCH3 is 1. The molecule has 1 amide bonds. The number of piperidine rings is 1. The molecule has 0 saturated carbocycles. The van der Waals surface area contributed by atoms with Gasteiger partial charge in [-0.05, 0) is 54.5 Å². The van der Waals surface area contributed by atoms with E-state index in [2.05, 4.69) is 60.7 Å². The maximum absolute atomic E-state index is 13.2. The van der Waals surface area contributed by atoms with Crippen molar-refractivity contribution in [2.45, 2.75) is 39.2 Å². The van der Waals surface area contributed by atoms with Crippen molar-refractivity contribution >= 4 is 16.8 Å². The summed E-state index contributed by atoms with van der Waals surface area (Å²) in [5.74, 6) is 2.29. The summed E-state index contributed by atoms with van der Waals surface area (Å²) in [6.45, 7) is 8.88. The molecule has 1 aliphatic rings. The monoisotopic (exact) mass is 433 g/mol. The molecule has 2 aromatic carbocycles. The van der Waals surface area contributed by atoms with Crippen molar-refractivity contribution in [1.82, 2.24) is 15.2 Å². The van der Waals surface area contributed by atoms with Crippen LogP contribution < -0.4 is 10.1 Å². The standard InChI is InChI=1S/C27H35N3O2/c1-18-13-19(2)17-30(16-18)27(31)20(3)28-14-24(21-9-11-22(32-4)12-10-21)25-15-29-26-8-6-5-7-23(25)26/h5-12,15,18-20,24,28-29H,13-14,16-17H2,1-4H3/t18-,19+,20-,24+/m1/s1. The van der Waals surface area contributed by atoms with Gasteiger partial charge in [-0.1, -0.05) is 44.2 Å². The molecule has 0 radical (unpaired) electrons. The van der Waals surface area contributed by atoms with Gasteiger partial charge in [-0.2, -0.15) is 0 Å². The van der Waals surface area contributed by atoms with E-state index < -0.39 is 0 Å². The molecule has 5 heteroatoms. The number of hydrogen-bond acceptors (Lipinski definition) is 3. The van der Waals surface area contributed by atoms with Gasteiger partial charge in [-0.25, -0.2) is 0 Å². The SMILES string of the molecule is COc1ccc([C@H](CN[C@H](C)C(=O)N2C[C@H](C)C[C@H](C)C2)c2c[nH]c3ccccc23)cc1. The first-order chi connectivity index (χ1) is 15.5. The number of H-pyrrole nitrogens is 1. The van der Waals surface area contributed by atoms with Crippen molar-refractivity contribution in [3.63, 3.8) is 0 Å². The molecule has 2 heterocycles. The van der Waals surface area contributed by atoms with E-state index in [0.717, 1.165) is 24.4 Å². The number of likely N-dealkylation sites (tertiary alicyclic amines) is 1. The fourth-order valence-corrected chi connectivity index (χ4v) is 5.12. The van der Waals surface area contributed by atoms with Crippen LogP contribution in [-0.4, -0.2) is 48.6 Å². The first-order valence-electron chi connectivity index (χ1n) is 11.7. The minimum Gasteiger partial charge on any atom is -0.497 e. The molecule has 0 bridgehead atoms. The normalized spacial score (nSPS) is 20.8. The molecule has 1 fully saturated rings. The fraction of sp³-hybridized carbons (Fsp3) is 0.444. The zero-order valence-electron chi connectivity index (χ0n) is 19.6. The van der Waals surface area contributed by atoms with Crippen molar-refractivity contribution in [3.05, 3.63) is 65.9 Å². The van der Waals surface area contributed by atoms with Crippen LogP contribution in [0, 0.1) is 11.8 Å². The van der Waals surface area contributed by atoms with E-state index in [1.54, 1.807) is 7.11 Å². The molecule has 0 aliphatic carbocycles. The van der Waals surface area contributed by atoms with Gasteiger partial charge in [-0.15, -0.1) is 0 Å². The number of ether oxygens (including phenoxy) is 1. The summed E-state index contributed by atoms with van der Waals surface area (Å²) in [5, 5.41) is 4.77. The Bertz CT molecular complexity index is 1030. The maximum atomic E-state index is 13.2. The van der Waals surface area contributed by atoms with Crippen LogP contribution >= 0.6 is 0 Å². The third-order valence-electron chi connectivity index (χ3n) is 6.69. The van der Waals surface area contributed by atoms with Crippen LogP contribution in [0.3, 0.4) is 0 Å². The predicted octanol–water partition coefficient (Wildman–Crippen LogP) is 4.79. The van der Waals surface area contributed by atoms with Gasteiger partial charge in [-0.3, -0.25) is 4.79 Å². The topological polar surface area (TPSA) is 57.4 Å². The lowest BCUT2D eigenvalue weighted by atomic mass is 9.90. The van der Waals surface area contributed by atoms with Gasteiger partial charge >= 0.3 is 0 Å². The third kappa shape index (κ3) is 4.83. The summed E-state index contributed by atoms with van der Waals surface area (Å²) >= 11 is 0. The van der Waals surface area contributed by atoms with E-state index >= 15 is 0 Å². The zero-order chi connectivity index (χ0) is 22.7. The van der Waals surface area contributed by atoms with Crippen LogP contribution in [-0.2, 0) is 4.79 Å². The van der Waals surface area contributed by atoms with Crippen molar-refractivity contribution in [2.75, 3.05) is 26.7 Å². The Hall–Kier alpha value is -2.79. The van der Waals surface area contributed by atoms with E-state index in [1.165, 1.54) is 22.9 Å². The molecular formula is C27H35N3O2. The number of aromatic amines is 1. The number of aromatic nitrogens is 1. The summed E-state index contributed by atoms with van der Waals surface area (Å²) in [6, 6.07) is 16.4. The van der Waals surface area contributed by atoms with E-state index in [9.17, 15) is 4.79 Å². The molecule has 0 unspecified atom stereocenters. The molecule has 1 aliphatic heterocycles. The number of nitrogens with one attached hydrogen (secondary N) is 2. The average molecular weight is 434 g/mol. The minimum absolute atomic E-state index is 0.117. The molecule has 4 rings (SSSR count). The lowest BCUT2D eigenvalue weighted by molar-refractivity contribution is -0.135. The molecule has 5 nitrogen and oxygen atoms in total. The van der Waals surface area contributed by atoms with Gasteiger partial charge in [0.1, 0.15) is 5.75 Å². The van der Waals surface area contributed by atoms with Crippen LogP contribution in [0.2, 0.25) is 0 Å². The van der Waals surface area contributed by atoms with E-state index in [-0.39, 0.29) is 17.9 Å². The molecule has 3 aromatic rings. The number of hydrogen-bond donors (Lipinski definition) is 2. The molecular weight excluding hydrogens is 398 g/mol. The Kier molecular flexibility index (Phi) is 6.85. The lowest BCUT2D eigenvalue weighted by Crippen LogP contribution is -2.50. The number of carbonyl (C=O) groups excluding carboxylic acids is 1. The molecule has 32 heavy (non-hydrogen) atoms. The Labute approximate surface area is 191 Å². The molecule has 0 spiro atoms. The Morgan fingerprint density at radius 1 is 1.12 bits per heavy atom. The first kappa shape index (κ1) is 22.4. The number of benzene rings is 2. The third-order valence-corrected chi connectivity index (χ3v) is 6.69.